The summed E-state index contributed by atoms with van der Waals surface area (Å²) in [7, 11) is 2.18. The van der Waals surface area contributed by atoms with Crippen molar-refractivity contribution in [3.63, 3.8) is 0 Å². The number of benzene rings is 1. The van der Waals surface area contributed by atoms with Gasteiger partial charge in [0.05, 0.1) is 0 Å². The largest absolute Gasteiger partial charge is 0.374 e. The van der Waals surface area contributed by atoms with Gasteiger partial charge in [-0.05, 0) is 49.3 Å². The molecular weight excluding hydrogens is 272 g/mol. The molecule has 1 aliphatic heterocycles. The summed E-state index contributed by atoms with van der Waals surface area (Å²) >= 11 is 0. The van der Waals surface area contributed by atoms with Crippen molar-refractivity contribution in [1.29, 1.82) is 0 Å². The first-order valence-electron chi connectivity index (χ1n) is 8.21. The maximum absolute atomic E-state index is 4.43. The second-order valence-corrected chi connectivity index (χ2v) is 6.34. The number of aryl methyl sites for hydroxylation is 2. The molecule has 0 bridgehead atoms. The number of aromatic nitrogens is 2. The molecule has 1 aromatic carbocycles. The maximum atomic E-state index is 4.43. The summed E-state index contributed by atoms with van der Waals surface area (Å²) < 4.78 is 0. The Kier molecular flexibility index (Phi) is 3.45. The average molecular weight is 294 g/mol. The van der Waals surface area contributed by atoms with Crippen molar-refractivity contribution in [2.45, 2.75) is 38.6 Å². The summed E-state index contributed by atoms with van der Waals surface area (Å²) in [6.45, 7) is 2.00. The molecule has 22 heavy (non-hydrogen) atoms. The van der Waals surface area contributed by atoms with Crippen LogP contribution in [0.25, 0.3) is 0 Å². The van der Waals surface area contributed by atoms with Crippen molar-refractivity contribution >= 4 is 11.5 Å². The topological polar surface area (TPSA) is 41.0 Å². The molecule has 0 saturated carbocycles. The average Bonchev–Trinajstić information content (AvgIpc) is 3.02. The van der Waals surface area contributed by atoms with Gasteiger partial charge in [0.1, 0.15) is 12.1 Å². The number of nitrogens with one attached hydrogen (secondary N) is 1. The van der Waals surface area contributed by atoms with Gasteiger partial charge in [0, 0.05) is 37.1 Å². The highest BCUT2D eigenvalue weighted by atomic mass is 15.1. The van der Waals surface area contributed by atoms with Gasteiger partial charge >= 0.3 is 0 Å². The van der Waals surface area contributed by atoms with Crippen molar-refractivity contribution in [3.05, 3.63) is 46.9 Å². The van der Waals surface area contributed by atoms with Crippen LogP contribution in [0.2, 0.25) is 0 Å². The van der Waals surface area contributed by atoms with E-state index >= 15 is 0 Å². The van der Waals surface area contributed by atoms with E-state index in [0.717, 1.165) is 31.7 Å². The Morgan fingerprint density at radius 3 is 3.05 bits per heavy atom. The molecule has 0 radical (unpaired) electrons. The zero-order valence-corrected chi connectivity index (χ0v) is 13.1. The van der Waals surface area contributed by atoms with E-state index in [-0.39, 0.29) is 0 Å². The number of hydrogen-bond donors (Lipinski definition) is 1. The van der Waals surface area contributed by atoms with E-state index in [1.54, 1.807) is 6.33 Å². The Labute approximate surface area is 131 Å². The Morgan fingerprint density at radius 2 is 2.09 bits per heavy atom. The van der Waals surface area contributed by atoms with Gasteiger partial charge < -0.3 is 10.2 Å². The van der Waals surface area contributed by atoms with Crippen LogP contribution in [0, 0.1) is 0 Å². The third-order valence-electron chi connectivity index (χ3n) is 4.83. The SMILES string of the molecule is CN1CCCc2cc(CNc3ncnc4c3CCC4)ccc21. The highest BCUT2D eigenvalue weighted by Crippen LogP contribution is 2.28. The predicted molar refractivity (Wildman–Crippen MR) is 89.4 cm³/mol. The summed E-state index contributed by atoms with van der Waals surface area (Å²) in [6, 6.07) is 6.84. The maximum Gasteiger partial charge on any atom is 0.133 e. The van der Waals surface area contributed by atoms with E-state index in [0.29, 0.717) is 0 Å². The Bertz CT molecular complexity index is 695. The standard InChI is InChI=1S/C18H22N4/c1-22-9-3-4-14-10-13(7-8-17(14)22)11-19-18-15-5-2-6-16(15)20-12-21-18/h7-8,10,12H,2-6,9,11H2,1H3,(H,19,20,21). The summed E-state index contributed by atoms with van der Waals surface area (Å²) in [5.41, 5.74) is 6.74. The van der Waals surface area contributed by atoms with E-state index in [2.05, 4.69) is 45.4 Å². The first kappa shape index (κ1) is 13.6. The number of anilines is 2. The van der Waals surface area contributed by atoms with Gasteiger partial charge in [0.2, 0.25) is 0 Å². The molecule has 4 heteroatoms. The minimum atomic E-state index is 0.834. The van der Waals surface area contributed by atoms with Crippen LogP contribution >= 0.6 is 0 Å². The zero-order chi connectivity index (χ0) is 14.9. The van der Waals surface area contributed by atoms with Gasteiger partial charge in [-0.25, -0.2) is 9.97 Å². The molecule has 114 valence electrons. The molecule has 4 nitrogen and oxygen atoms in total. The lowest BCUT2D eigenvalue weighted by atomic mass is 9.99. The number of hydrogen-bond acceptors (Lipinski definition) is 4. The number of fused-ring (bicyclic) bond motifs is 2. The second-order valence-electron chi connectivity index (χ2n) is 6.34. The lowest BCUT2D eigenvalue weighted by Gasteiger charge is -2.27. The van der Waals surface area contributed by atoms with Gasteiger partial charge in [0.15, 0.2) is 0 Å². The first-order chi connectivity index (χ1) is 10.8. The first-order valence-corrected chi connectivity index (χ1v) is 8.21. The molecule has 0 fully saturated rings. The van der Waals surface area contributed by atoms with E-state index in [1.807, 2.05) is 0 Å². The Hall–Kier alpha value is -2.10. The van der Waals surface area contributed by atoms with E-state index in [1.165, 1.54) is 47.3 Å². The molecule has 0 unspecified atom stereocenters. The fraction of sp³-hybridized carbons (Fsp3) is 0.444. The molecule has 4 rings (SSSR count). The van der Waals surface area contributed by atoms with Crippen molar-refractivity contribution in [3.8, 4) is 0 Å². The monoisotopic (exact) mass is 294 g/mol. The van der Waals surface area contributed by atoms with Crippen LogP contribution < -0.4 is 10.2 Å². The smallest absolute Gasteiger partial charge is 0.133 e. The van der Waals surface area contributed by atoms with Crippen molar-refractivity contribution in [2.75, 3.05) is 23.8 Å². The predicted octanol–water partition coefficient (Wildman–Crippen LogP) is 2.96. The summed E-state index contributed by atoms with van der Waals surface area (Å²) in [4.78, 5) is 11.2. The van der Waals surface area contributed by atoms with Crippen molar-refractivity contribution in [2.24, 2.45) is 0 Å². The highest BCUT2D eigenvalue weighted by molar-refractivity contribution is 5.57. The fourth-order valence-corrected chi connectivity index (χ4v) is 3.65. The van der Waals surface area contributed by atoms with E-state index in [9.17, 15) is 0 Å². The molecule has 1 aliphatic carbocycles. The molecule has 0 amide bonds. The van der Waals surface area contributed by atoms with Gasteiger partial charge in [-0.2, -0.15) is 0 Å². The summed E-state index contributed by atoms with van der Waals surface area (Å²) in [5.74, 6) is 1.03. The summed E-state index contributed by atoms with van der Waals surface area (Å²) in [6.07, 6.45) is 7.53. The summed E-state index contributed by atoms with van der Waals surface area (Å²) in [5, 5.41) is 3.51. The highest BCUT2D eigenvalue weighted by Gasteiger charge is 2.17. The van der Waals surface area contributed by atoms with Crippen LogP contribution in [0.3, 0.4) is 0 Å². The number of rotatable bonds is 3. The van der Waals surface area contributed by atoms with Crippen molar-refractivity contribution < 1.29 is 0 Å². The molecule has 0 spiro atoms. The third-order valence-corrected chi connectivity index (χ3v) is 4.83. The van der Waals surface area contributed by atoms with Gasteiger partial charge in [-0.3, -0.25) is 0 Å². The normalized spacial score (nSPS) is 16.3. The lowest BCUT2D eigenvalue weighted by Crippen LogP contribution is -2.24. The van der Waals surface area contributed by atoms with Gasteiger partial charge in [-0.15, -0.1) is 0 Å². The van der Waals surface area contributed by atoms with Gasteiger partial charge in [0.25, 0.3) is 0 Å². The van der Waals surface area contributed by atoms with Crippen LogP contribution in [0.5, 0.6) is 0 Å². The van der Waals surface area contributed by atoms with Crippen LogP contribution in [-0.2, 0) is 25.8 Å². The number of nitrogens with zero attached hydrogens (tertiary/aromatic N) is 3. The van der Waals surface area contributed by atoms with E-state index < -0.39 is 0 Å². The quantitative estimate of drug-likeness (QED) is 0.945. The Morgan fingerprint density at radius 1 is 1.14 bits per heavy atom. The second kappa shape index (κ2) is 5.59. The third kappa shape index (κ3) is 2.43. The van der Waals surface area contributed by atoms with Crippen LogP contribution in [0.15, 0.2) is 24.5 Å². The van der Waals surface area contributed by atoms with Gasteiger partial charge in [-0.1, -0.05) is 12.1 Å². The molecule has 1 N–H and O–H groups in total. The van der Waals surface area contributed by atoms with Crippen LogP contribution in [0.1, 0.15) is 35.2 Å². The Balaban J connectivity index is 1.52. The molecule has 0 atom stereocenters. The van der Waals surface area contributed by atoms with Crippen molar-refractivity contribution in [1.82, 2.24) is 9.97 Å². The lowest BCUT2D eigenvalue weighted by molar-refractivity contribution is 0.743. The molecule has 2 aliphatic rings. The molecular formula is C18H22N4. The minimum absolute atomic E-state index is 0.834. The van der Waals surface area contributed by atoms with Crippen LogP contribution in [0.4, 0.5) is 11.5 Å². The molecule has 0 saturated heterocycles. The zero-order valence-electron chi connectivity index (χ0n) is 13.1. The molecule has 1 aromatic heterocycles. The molecule has 2 aromatic rings. The molecule has 2 heterocycles. The fourth-order valence-electron chi connectivity index (χ4n) is 3.65. The van der Waals surface area contributed by atoms with E-state index in [4.69, 9.17) is 0 Å². The van der Waals surface area contributed by atoms with Crippen LogP contribution in [-0.4, -0.2) is 23.6 Å². The minimum Gasteiger partial charge on any atom is -0.374 e.